The monoisotopic (exact) mass is 471 g/mol. The second-order valence-electron chi connectivity index (χ2n) is 7.96. The van der Waals surface area contributed by atoms with E-state index in [0.717, 1.165) is 6.42 Å². The molecule has 0 unspecified atom stereocenters. The lowest BCUT2D eigenvalue weighted by atomic mass is 10.0. The van der Waals surface area contributed by atoms with E-state index in [1.807, 2.05) is 13.8 Å². The van der Waals surface area contributed by atoms with E-state index >= 15 is 0 Å². The SMILES string of the molecule is Cc1noc(C(C)C)c1C(=O)Nc1ccc(NS(=O)(=O)c2ccc3c(c2)OCCCO3)cc1. The first kappa shape index (κ1) is 22.7. The molecule has 0 aliphatic carbocycles. The van der Waals surface area contributed by atoms with Crippen molar-refractivity contribution in [1.82, 2.24) is 5.16 Å². The van der Waals surface area contributed by atoms with Crippen molar-refractivity contribution < 1.29 is 27.2 Å². The molecule has 9 nitrogen and oxygen atoms in total. The minimum atomic E-state index is -3.84. The van der Waals surface area contributed by atoms with Crippen LogP contribution in [0.15, 0.2) is 51.9 Å². The van der Waals surface area contributed by atoms with Crippen molar-refractivity contribution in [3.63, 3.8) is 0 Å². The number of sulfonamides is 1. The van der Waals surface area contributed by atoms with Crippen molar-refractivity contribution in [2.75, 3.05) is 23.3 Å². The molecule has 0 fully saturated rings. The van der Waals surface area contributed by atoms with Gasteiger partial charge in [-0.3, -0.25) is 9.52 Å². The van der Waals surface area contributed by atoms with Crippen LogP contribution in [0.25, 0.3) is 0 Å². The summed E-state index contributed by atoms with van der Waals surface area (Å²) in [6.07, 6.45) is 0.730. The maximum atomic E-state index is 12.8. The summed E-state index contributed by atoms with van der Waals surface area (Å²) in [5.74, 6) is 1.12. The second kappa shape index (κ2) is 9.14. The molecule has 2 N–H and O–H groups in total. The third-order valence-corrected chi connectivity index (χ3v) is 6.44. The second-order valence-corrected chi connectivity index (χ2v) is 9.64. The highest BCUT2D eigenvalue weighted by Crippen LogP contribution is 2.32. The molecule has 0 bridgehead atoms. The third-order valence-electron chi connectivity index (χ3n) is 5.06. The van der Waals surface area contributed by atoms with Gasteiger partial charge in [0.15, 0.2) is 17.3 Å². The minimum absolute atomic E-state index is 0.00802. The summed E-state index contributed by atoms with van der Waals surface area (Å²) in [5, 5.41) is 6.68. The number of hydrogen-bond donors (Lipinski definition) is 2. The highest BCUT2D eigenvalue weighted by molar-refractivity contribution is 7.92. The maximum Gasteiger partial charge on any atom is 0.262 e. The summed E-state index contributed by atoms with van der Waals surface area (Å²) in [7, 11) is -3.84. The number of carbonyl (C=O) groups excluding carboxylic acids is 1. The summed E-state index contributed by atoms with van der Waals surface area (Å²) < 4.78 is 44.6. The zero-order valence-electron chi connectivity index (χ0n) is 18.5. The van der Waals surface area contributed by atoms with Crippen LogP contribution in [-0.2, 0) is 10.0 Å². The van der Waals surface area contributed by atoms with Crippen molar-refractivity contribution in [2.24, 2.45) is 0 Å². The van der Waals surface area contributed by atoms with Crippen LogP contribution in [0.3, 0.4) is 0 Å². The molecule has 1 amide bonds. The standard InChI is InChI=1S/C23H25N3O6S/c1-14(2)22-21(15(3)25-32-22)23(27)24-16-5-7-17(8-6-16)26-33(28,29)18-9-10-19-20(13-18)31-12-4-11-30-19/h5-10,13-14,26H,4,11-12H2,1-3H3,(H,24,27). The molecule has 3 aromatic rings. The van der Waals surface area contributed by atoms with Crippen molar-refractivity contribution in [3.05, 3.63) is 59.5 Å². The molecule has 0 saturated carbocycles. The molecule has 0 radical (unpaired) electrons. The molecular formula is C23H25N3O6S. The van der Waals surface area contributed by atoms with Gasteiger partial charge in [-0.2, -0.15) is 0 Å². The predicted molar refractivity (Wildman–Crippen MR) is 123 cm³/mol. The molecule has 2 heterocycles. The normalized spacial score (nSPS) is 13.5. The molecule has 174 valence electrons. The van der Waals surface area contributed by atoms with E-state index in [9.17, 15) is 13.2 Å². The van der Waals surface area contributed by atoms with E-state index in [1.165, 1.54) is 12.1 Å². The summed E-state index contributed by atoms with van der Waals surface area (Å²) in [6.45, 7) is 6.53. The highest BCUT2D eigenvalue weighted by atomic mass is 32.2. The molecule has 33 heavy (non-hydrogen) atoms. The third kappa shape index (κ3) is 4.95. The van der Waals surface area contributed by atoms with Crippen molar-refractivity contribution >= 4 is 27.3 Å². The van der Waals surface area contributed by atoms with E-state index < -0.39 is 10.0 Å². The van der Waals surface area contributed by atoms with Gasteiger partial charge in [0.25, 0.3) is 15.9 Å². The molecule has 2 aromatic carbocycles. The number of rotatable bonds is 6. The first-order valence-electron chi connectivity index (χ1n) is 10.5. The topological polar surface area (TPSA) is 120 Å². The van der Waals surface area contributed by atoms with Crippen LogP contribution < -0.4 is 19.5 Å². The number of nitrogens with one attached hydrogen (secondary N) is 2. The van der Waals surface area contributed by atoms with Gasteiger partial charge in [-0.1, -0.05) is 19.0 Å². The van der Waals surface area contributed by atoms with E-state index in [1.54, 1.807) is 37.3 Å². The number of fused-ring (bicyclic) bond motifs is 1. The average molecular weight is 472 g/mol. The predicted octanol–water partition coefficient (Wildman–Crippen LogP) is 4.32. The average Bonchev–Trinajstić information content (AvgIpc) is 3.01. The number of aromatic nitrogens is 1. The molecule has 1 aromatic heterocycles. The van der Waals surface area contributed by atoms with E-state index in [4.69, 9.17) is 14.0 Å². The van der Waals surface area contributed by atoms with E-state index in [2.05, 4.69) is 15.2 Å². The fourth-order valence-corrected chi connectivity index (χ4v) is 4.47. The van der Waals surface area contributed by atoms with Gasteiger partial charge < -0.3 is 19.3 Å². The maximum absolute atomic E-state index is 12.8. The lowest BCUT2D eigenvalue weighted by Gasteiger charge is -2.12. The van der Waals surface area contributed by atoms with Gasteiger partial charge in [0.2, 0.25) is 0 Å². The largest absolute Gasteiger partial charge is 0.490 e. The number of aryl methyl sites for hydroxylation is 1. The van der Waals surface area contributed by atoms with Crippen LogP contribution >= 0.6 is 0 Å². The lowest BCUT2D eigenvalue weighted by Crippen LogP contribution is -2.15. The van der Waals surface area contributed by atoms with E-state index in [-0.39, 0.29) is 16.7 Å². The number of carbonyl (C=O) groups is 1. The first-order chi connectivity index (χ1) is 15.7. The Morgan fingerprint density at radius 3 is 2.36 bits per heavy atom. The Bertz CT molecular complexity index is 1270. The molecule has 4 rings (SSSR count). The van der Waals surface area contributed by atoms with E-state index in [0.29, 0.717) is 53.1 Å². The minimum Gasteiger partial charge on any atom is -0.490 e. The fourth-order valence-electron chi connectivity index (χ4n) is 3.40. The van der Waals surface area contributed by atoms with Crippen molar-refractivity contribution in [1.29, 1.82) is 0 Å². The molecule has 0 spiro atoms. The Balaban J connectivity index is 1.47. The number of ether oxygens (including phenoxy) is 2. The zero-order valence-corrected chi connectivity index (χ0v) is 19.4. The smallest absolute Gasteiger partial charge is 0.262 e. The van der Waals surface area contributed by atoms with Gasteiger partial charge in [0.05, 0.1) is 23.8 Å². The number of anilines is 2. The van der Waals surface area contributed by atoms with Gasteiger partial charge in [-0.15, -0.1) is 0 Å². The molecule has 0 saturated heterocycles. The molecule has 1 aliphatic heterocycles. The molecule has 0 atom stereocenters. The summed E-state index contributed by atoms with van der Waals surface area (Å²) in [5.41, 5.74) is 1.78. The number of benzene rings is 2. The highest BCUT2D eigenvalue weighted by Gasteiger charge is 2.23. The number of amides is 1. The summed E-state index contributed by atoms with van der Waals surface area (Å²) in [6, 6.07) is 10.9. The van der Waals surface area contributed by atoms with Crippen molar-refractivity contribution in [2.45, 2.75) is 38.0 Å². The Morgan fingerprint density at radius 2 is 1.67 bits per heavy atom. The van der Waals surface area contributed by atoms with Crippen LogP contribution in [-0.4, -0.2) is 32.7 Å². The Kier molecular flexibility index (Phi) is 6.28. The Labute approximate surface area is 192 Å². The van der Waals surface area contributed by atoms with Gasteiger partial charge in [-0.05, 0) is 43.3 Å². The van der Waals surface area contributed by atoms with Crippen LogP contribution in [0.2, 0.25) is 0 Å². The fraction of sp³-hybridized carbons (Fsp3) is 0.304. The first-order valence-corrected chi connectivity index (χ1v) is 12.0. The Morgan fingerprint density at radius 1 is 1.00 bits per heavy atom. The summed E-state index contributed by atoms with van der Waals surface area (Å²) in [4.78, 5) is 12.8. The molecule has 1 aliphatic rings. The van der Waals surface area contributed by atoms with Crippen LogP contribution in [0, 0.1) is 6.92 Å². The number of nitrogens with zero attached hydrogens (tertiary/aromatic N) is 1. The van der Waals surface area contributed by atoms with Crippen molar-refractivity contribution in [3.8, 4) is 11.5 Å². The number of hydrogen-bond acceptors (Lipinski definition) is 7. The molecule has 10 heteroatoms. The quantitative estimate of drug-likeness (QED) is 0.549. The zero-order chi connectivity index (χ0) is 23.6. The van der Waals surface area contributed by atoms with Crippen LogP contribution in [0.4, 0.5) is 11.4 Å². The lowest BCUT2D eigenvalue weighted by molar-refractivity contribution is 0.102. The van der Waals surface area contributed by atoms with Crippen LogP contribution in [0.5, 0.6) is 11.5 Å². The molecular weight excluding hydrogens is 446 g/mol. The van der Waals surface area contributed by atoms with Gasteiger partial charge in [-0.25, -0.2) is 8.42 Å². The Hall–Kier alpha value is -3.53. The van der Waals surface area contributed by atoms with Gasteiger partial charge in [0, 0.05) is 29.8 Å². The van der Waals surface area contributed by atoms with Gasteiger partial charge in [0.1, 0.15) is 5.56 Å². The van der Waals surface area contributed by atoms with Crippen LogP contribution in [0.1, 0.15) is 48.0 Å². The van der Waals surface area contributed by atoms with Gasteiger partial charge >= 0.3 is 0 Å². The summed E-state index contributed by atoms with van der Waals surface area (Å²) >= 11 is 0.